The van der Waals surface area contributed by atoms with E-state index in [1.165, 1.54) is 0 Å². The van der Waals surface area contributed by atoms with E-state index < -0.39 is 0 Å². The lowest BCUT2D eigenvalue weighted by molar-refractivity contribution is 0.308. The molecule has 4 aromatic rings. The molecule has 0 aliphatic carbocycles. The van der Waals surface area contributed by atoms with E-state index in [0.29, 0.717) is 18.1 Å². The Bertz CT molecular complexity index is 1080. The Morgan fingerprint density at radius 1 is 0.750 bits per heavy atom. The predicted molar refractivity (Wildman–Crippen MR) is 111 cm³/mol. The van der Waals surface area contributed by atoms with Crippen LogP contribution in [0.2, 0.25) is 0 Å². The van der Waals surface area contributed by atoms with E-state index in [0.717, 1.165) is 33.5 Å². The third-order valence-electron chi connectivity index (χ3n) is 4.57. The van der Waals surface area contributed by atoms with Crippen molar-refractivity contribution in [1.29, 1.82) is 0 Å². The molecule has 0 unspecified atom stereocenters. The van der Waals surface area contributed by atoms with Crippen LogP contribution in [0.3, 0.4) is 0 Å². The maximum absolute atomic E-state index is 6.22. The Hall–Kier alpha value is -3.53. The molecule has 0 radical (unpaired) electrons. The molecule has 4 nitrogen and oxygen atoms in total. The van der Waals surface area contributed by atoms with Crippen LogP contribution in [0.4, 0.5) is 0 Å². The number of methoxy groups -OCH3 is 2. The van der Waals surface area contributed by atoms with Gasteiger partial charge in [-0.05, 0) is 5.56 Å². The second kappa shape index (κ2) is 8.01. The van der Waals surface area contributed by atoms with Crippen molar-refractivity contribution >= 4 is 10.9 Å². The Morgan fingerprint density at radius 2 is 1.46 bits per heavy atom. The largest absolute Gasteiger partial charge is 0.497 e. The average Bonchev–Trinajstić information content (AvgIpc) is 2.77. The fourth-order valence-corrected chi connectivity index (χ4v) is 3.16. The van der Waals surface area contributed by atoms with Crippen molar-refractivity contribution in [2.45, 2.75) is 6.61 Å². The molecule has 3 aromatic carbocycles. The minimum absolute atomic E-state index is 0.462. The van der Waals surface area contributed by atoms with Crippen molar-refractivity contribution in [1.82, 2.24) is 4.98 Å². The molecule has 0 amide bonds. The molecule has 0 saturated heterocycles. The number of rotatable bonds is 6. The van der Waals surface area contributed by atoms with Gasteiger partial charge in [-0.2, -0.15) is 0 Å². The number of nitrogens with zero attached hydrogens (tertiary/aromatic N) is 1. The molecule has 1 heterocycles. The van der Waals surface area contributed by atoms with Crippen molar-refractivity contribution in [3.8, 4) is 28.5 Å². The van der Waals surface area contributed by atoms with E-state index in [9.17, 15) is 0 Å². The highest BCUT2D eigenvalue weighted by molar-refractivity contribution is 5.94. The molecule has 0 saturated carbocycles. The predicted octanol–water partition coefficient (Wildman–Crippen LogP) is 5.50. The number of fused-ring (bicyclic) bond motifs is 1. The SMILES string of the molecule is COc1cc(OC)c2c(OCc3ccccc3)cc(-c3ccccc3)nc2c1. The zero-order valence-corrected chi connectivity index (χ0v) is 15.9. The van der Waals surface area contributed by atoms with E-state index in [1.807, 2.05) is 78.9 Å². The van der Waals surface area contributed by atoms with Crippen LogP contribution in [-0.4, -0.2) is 19.2 Å². The first-order valence-electron chi connectivity index (χ1n) is 9.07. The normalized spacial score (nSPS) is 10.6. The van der Waals surface area contributed by atoms with E-state index in [2.05, 4.69) is 0 Å². The summed E-state index contributed by atoms with van der Waals surface area (Å²) < 4.78 is 17.2. The van der Waals surface area contributed by atoms with Gasteiger partial charge in [-0.1, -0.05) is 60.7 Å². The first-order valence-corrected chi connectivity index (χ1v) is 9.07. The first kappa shape index (κ1) is 17.9. The molecule has 0 atom stereocenters. The van der Waals surface area contributed by atoms with Gasteiger partial charge < -0.3 is 14.2 Å². The molecule has 4 rings (SSSR count). The number of ether oxygens (including phenoxy) is 3. The van der Waals surface area contributed by atoms with Crippen LogP contribution in [0.15, 0.2) is 78.9 Å². The molecule has 0 N–H and O–H groups in total. The molecule has 0 bridgehead atoms. The fourth-order valence-electron chi connectivity index (χ4n) is 3.16. The lowest BCUT2D eigenvalue weighted by Gasteiger charge is -2.15. The summed E-state index contributed by atoms with van der Waals surface area (Å²) in [6.07, 6.45) is 0. The lowest BCUT2D eigenvalue weighted by Crippen LogP contribution is -1.99. The number of benzene rings is 3. The van der Waals surface area contributed by atoms with Gasteiger partial charge in [0.2, 0.25) is 0 Å². The number of hydrogen-bond donors (Lipinski definition) is 0. The summed E-state index contributed by atoms with van der Waals surface area (Å²) >= 11 is 0. The van der Waals surface area contributed by atoms with Crippen LogP contribution < -0.4 is 14.2 Å². The molecule has 0 spiro atoms. The standard InChI is InChI=1S/C24H21NO3/c1-26-19-13-21-24(22(14-19)27-2)23(28-16-17-9-5-3-6-10-17)15-20(25-21)18-11-7-4-8-12-18/h3-15H,16H2,1-2H3. The van der Waals surface area contributed by atoms with Crippen molar-refractivity contribution in [2.24, 2.45) is 0 Å². The van der Waals surface area contributed by atoms with Crippen molar-refractivity contribution in [2.75, 3.05) is 14.2 Å². The van der Waals surface area contributed by atoms with Gasteiger partial charge in [0.25, 0.3) is 0 Å². The zero-order chi connectivity index (χ0) is 19.3. The van der Waals surface area contributed by atoms with Crippen LogP contribution in [-0.2, 0) is 6.61 Å². The summed E-state index contributed by atoms with van der Waals surface area (Å²) in [6, 6.07) is 25.9. The van der Waals surface area contributed by atoms with Crippen LogP contribution >= 0.6 is 0 Å². The van der Waals surface area contributed by atoms with Crippen LogP contribution in [0, 0.1) is 0 Å². The molecule has 140 valence electrons. The van der Waals surface area contributed by atoms with Crippen LogP contribution in [0.25, 0.3) is 22.2 Å². The fraction of sp³-hybridized carbons (Fsp3) is 0.125. The highest BCUT2D eigenvalue weighted by Gasteiger charge is 2.15. The van der Waals surface area contributed by atoms with E-state index in [1.54, 1.807) is 14.2 Å². The lowest BCUT2D eigenvalue weighted by atomic mass is 10.1. The molecule has 1 aromatic heterocycles. The van der Waals surface area contributed by atoms with E-state index in [4.69, 9.17) is 19.2 Å². The Balaban J connectivity index is 1.86. The second-order valence-electron chi connectivity index (χ2n) is 6.37. The maximum atomic E-state index is 6.22. The Morgan fingerprint density at radius 3 is 2.14 bits per heavy atom. The minimum atomic E-state index is 0.462. The van der Waals surface area contributed by atoms with Gasteiger partial charge in [-0.3, -0.25) is 0 Å². The van der Waals surface area contributed by atoms with Gasteiger partial charge in [-0.15, -0.1) is 0 Å². The van der Waals surface area contributed by atoms with Crippen molar-refractivity contribution < 1.29 is 14.2 Å². The number of hydrogen-bond acceptors (Lipinski definition) is 4. The van der Waals surface area contributed by atoms with E-state index >= 15 is 0 Å². The molecule has 4 heteroatoms. The molecular formula is C24H21NO3. The summed E-state index contributed by atoms with van der Waals surface area (Å²) in [4.78, 5) is 4.84. The zero-order valence-electron chi connectivity index (χ0n) is 15.9. The highest BCUT2D eigenvalue weighted by atomic mass is 16.5. The topological polar surface area (TPSA) is 40.6 Å². The summed E-state index contributed by atoms with van der Waals surface area (Å²) in [7, 11) is 3.27. The number of pyridine rings is 1. The third-order valence-corrected chi connectivity index (χ3v) is 4.57. The van der Waals surface area contributed by atoms with Gasteiger partial charge in [-0.25, -0.2) is 4.98 Å². The van der Waals surface area contributed by atoms with Crippen molar-refractivity contribution in [3.63, 3.8) is 0 Å². The Kier molecular flexibility index (Phi) is 5.11. The molecular weight excluding hydrogens is 350 g/mol. The van der Waals surface area contributed by atoms with Gasteiger partial charge in [0.15, 0.2) is 0 Å². The van der Waals surface area contributed by atoms with Gasteiger partial charge in [0.05, 0.1) is 30.8 Å². The maximum Gasteiger partial charge on any atom is 0.135 e. The molecule has 0 aliphatic rings. The quantitative estimate of drug-likeness (QED) is 0.449. The molecule has 0 fully saturated rings. The summed E-state index contributed by atoms with van der Waals surface area (Å²) in [5, 5.41) is 0.832. The van der Waals surface area contributed by atoms with Gasteiger partial charge >= 0.3 is 0 Å². The highest BCUT2D eigenvalue weighted by Crippen LogP contribution is 2.39. The molecule has 0 aliphatic heterocycles. The minimum Gasteiger partial charge on any atom is -0.497 e. The second-order valence-corrected chi connectivity index (χ2v) is 6.37. The van der Waals surface area contributed by atoms with Gasteiger partial charge in [0, 0.05) is 23.8 Å². The van der Waals surface area contributed by atoms with Crippen LogP contribution in [0.1, 0.15) is 5.56 Å². The van der Waals surface area contributed by atoms with Crippen molar-refractivity contribution in [3.05, 3.63) is 84.4 Å². The van der Waals surface area contributed by atoms with E-state index in [-0.39, 0.29) is 0 Å². The number of aromatic nitrogens is 1. The summed E-state index contributed by atoms with van der Waals surface area (Å²) in [6.45, 7) is 0.462. The van der Waals surface area contributed by atoms with Gasteiger partial charge in [0.1, 0.15) is 23.9 Å². The van der Waals surface area contributed by atoms with Crippen LogP contribution in [0.5, 0.6) is 17.2 Å². The average molecular weight is 371 g/mol. The summed E-state index contributed by atoms with van der Waals surface area (Å²) in [5.41, 5.74) is 3.73. The summed E-state index contributed by atoms with van der Waals surface area (Å²) in [5.74, 6) is 2.09. The first-order chi connectivity index (χ1) is 13.8. The molecule has 28 heavy (non-hydrogen) atoms. The third kappa shape index (κ3) is 3.62. The smallest absolute Gasteiger partial charge is 0.135 e. The Labute approximate surface area is 164 Å². The monoisotopic (exact) mass is 371 g/mol.